The van der Waals surface area contributed by atoms with E-state index in [0.29, 0.717) is 22.6 Å². The monoisotopic (exact) mass is 553 g/mol. The van der Waals surface area contributed by atoms with Gasteiger partial charge in [-0.3, -0.25) is 14.5 Å². The van der Waals surface area contributed by atoms with Gasteiger partial charge in [0.25, 0.3) is 11.1 Å². The number of amides is 2. The van der Waals surface area contributed by atoms with Gasteiger partial charge in [-0.1, -0.05) is 23.7 Å². The fourth-order valence-corrected chi connectivity index (χ4v) is 4.73. The Kier molecular flexibility index (Phi) is 8.60. The maximum atomic E-state index is 12.9. The summed E-state index contributed by atoms with van der Waals surface area (Å²) in [5, 5.41) is -0.291. The van der Waals surface area contributed by atoms with Crippen LogP contribution in [0.5, 0.6) is 23.0 Å². The minimum atomic E-state index is -0.630. The van der Waals surface area contributed by atoms with Gasteiger partial charge >= 0.3 is 5.97 Å². The van der Waals surface area contributed by atoms with Crippen molar-refractivity contribution in [1.29, 1.82) is 0 Å². The topological polar surface area (TPSA) is 91.4 Å². The summed E-state index contributed by atoms with van der Waals surface area (Å²) in [6, 6.07) is 17.0. The zero-order valence-electron chi connectivity index (χ0n) is 20.9. The minimum absolute atomic E-state index is 0.0357. The lowest BCUT2D eigenvalue weighted by atomic mass is 10.1. The van der Waals surface area contributed by atoms with E-state index in [1.807, 2.05) is 31.2 Å². The third-order valence-electron chi connectivity index (χ3n) is 5.52. The number of imide groups is 1. The van der Waals surface area contributed by atoms with Crippen LogP contribution >= 0.6 is 23.4 Å². The van der Waals surface area contributed by atoms with Gasteiger partial charge in [0, 0.05) is 0 Å². The second kappa shape index (κ2) is 12.1. The molecule has 1 aliphatic rings. The van der Waals surface area contributed by atoms with Gasteiger partial charge in [0.1, 0.15) is 18.1 Å². The summed E-state index contributed by atoms with van der Waals surface area (Å²) < 4.78 is 21.6. The summed E-state index contributed by atoms with van der Waals surface area (Å²) in [6.45, 7) is 2.23. The summed E-state index contributed by atoms with van der Waals surface area (Å²) in [5.74, 6) is 0.434. The average molecular weight is 554 g/mol. The summed E-state index contributed by atoms with van der Waals surface area (Å²) in [6.07, 6.45) is 1.54. The molecule has 0 spiro atoms. The molecule has 1 fully saturated rings. The molecule has 1 aliphatic heterocycles. The standard InChI is InChI=1S/C28H24ClNO7S/c1-17-5-4-6-21(13-17)36-12-11-30-26(31)24(38-28(30)33)16-18-14-22(29)25(23(15-18)35-3)37-27(32)19-7-9-20(34-2)10-8-19/h4-10,13-16H,11-12H2,1-3H3/b24-16-. The second-order valence-electron chi connectivity index (χ2n) is 8.15. The molecule has 0 atom stereocenters. The van der Waals surface area contributed by atoms with E-state index >= 15 is 0 Å². The maximum Gasteiger partial charge on any atom is 0.343 e. The zero-order chi connectivity index (χ0) is 27.2. The highest BCUT2D eigenvalue weighted by Gasteiger charge is 2.35. The number of rotatable bonds is 9. The molecule has 0 N–H and O–H groups in total. The molecule has 0 bridgehead atoms. The number of methoxy groups -OCH3 is 2. The van der Waals surface area contributed by atoms with E-state index in [-0.39, 0.29) is 34.6 Å². The predicted octanol–water partition coefficient (Wildman–Crippen LogP) is 6.00. The van der Waals surface area contributed by atoms with E-state index in [1.54, 1.807) is 30.3 Å². The lowest BCUT2D eigenvalue weighted by molar-refractivity contribution is -0.123. The number of halogens is 1. The van der Waals surface area contributed by atoms with Gasteiger partial charge in [0.05, 0.1) is 36.3 Å². The van der Waals surface area contributed by atoms with Crippen LogP contribution in [0, 0.1) is 6.92 Å². The highest BCUT2D eigenvalue weighted by atomic mass is 35.5. The van der Waals surface area contributed by atoms with Crippen LogP contribution in [0.15, 0.2) is 65.6 Å². The number of hydrogen-bond acceptors (Lipinski definition) is 8. The van der Waals surface area contributed by atoms with Crippen molar-refractivity contribution in [3.05, 3.63) is 87.3 Å². The van der Waals surface area contributed by atoms with E-state index in [9.17, 15) is 14.4 Å². The van der Waals surface area contributed by atoms with Gasteiger partial charge in [0.15, 0.2) is 11.5 Å². The number of nitrogens with zero attached hydrogens (tertiary/aromatic N) is 1. The van der Waals surface area contributed by atoms with E-state index < -0.39 is 17.1 Å². The van der Waals surface area contributed by atoms with Crippen LogP contribution in [0.2, 0.25) is 5.02 Å². The molecule has 0 aliphatic carbocycles. The fraction of sp³-hybridized carbons (Fsp3) is 0.179. The molecule has 0 aromatic heterocycles. The van der Waals surface area contributed by atoms with Gasteiger partial charge in [-0.05, 0) is 84.4 Å². The Labute approximate surface area is 229 Å². The first-order valence-corrected chi connectivity index (χ1v) is 12.7. The third-order valence-corrected chi connectivity index (χ3v) is 6.70. The van der Waals surface area contributed by atoms with E-state index in [0.717, 1.165) is 22.2 Å². The van der Waals surface area contributed by atoms with Crippen molar-refractivity contribution in [2.75, 3.05) is 27.4 Å². The summed E-state index contributed by atoms with van der Waals surface area (Å²) in [5.41, 5.74) is 1.85. The van der Waals surface area contributed by atoms with Gasteiger partial charge in [-0.25, -0.2) is 4.79 Å². The Bertz CT molecular complexity index is 1400. The maximum absolute atomic E-state index is 12.9. The zero-order valence-corrected chi connectivity index (χ0v) is 22.4. The molecule has 196 valence electrons. The normalized spacial score (nSPS) is 14.1. The van der Waals surface area contributed by atoms with Gasteiger partial charge in [-0.15, -0.1) is 0 Å². The third kappa shape index (κ3) is 6.30. The summed E-state index contributed by atoms with van der Waals surface area (Å²) in [4.78, 5) is 39.3. The number of esters is 1. The Balaban J connectivity index is 1.46. The van der Waals surface area contributed by atoms with Crippen molar-refractivity contribution in [1.82, 2.24) is 4.90 Å². The number of carbonyl (C=O) groups is 3. The summed E-state index contributed by atoms with van der Waals surface area (Å²) in [7, 11) is 2.93. The molecular formula is C28H24ClNO7S. The van der Waals surface area contributed by atoms with Crippen molar-refractivity contribution in [3.8, 4) is 23.0 Å². The van der Waals surface area contributed by atoms with E-state index in [2.05, 4.69) is 0 Å². The number of aryl methyl sites for hydroxylation is 1. The molecule has 1 heterocycles. The smallest absolute Gasteiger partial charge is 0.343 e. The number of ether oxygens (including phenoxy) is 4. The van der Waals surface area contributed by atoms with Gasteiger partial charge in [-0.2, -0.15) is 0 Å². The minimum Gasteiger partial charge on any atom is -0.497 e. The van der Waals surface area contributed by atoms with Crippen molar-refractivity contribution in [2.45, 2.75) is 6.92 Å². The molecule has 3 aromatic rings. The molecule has 8 nitrogen and oxygen atoms in total. The number of thioether (sulfide) groups is 1. The lowest BCUT2D eigenvalue weighted by Crippen LogP contribution is -2.32. The Hall–Kier alpha value is -3.95. The van der Waals surface area contributed by atoms with Crippen LogP contribution in [0.1, 0.15) is 21.5 Å². The van der Waals surface area contributed by atoms with Crippen LogP contribution in [0.25, 0.3) is 6.08 Å². The quantitative estimate of drug-likeness (QED) is 0.181. The van der Waals surface area contributed by atoms with Crippen molar-refractivity contribution >= 4 is 46.6 Å². The van der Waals surface area contributed by atoms with Crippen molar-refractivity contribution in [3.63, 3.8) is 0 Å². The second-order valence-corrected chi connectivity index (χ2v) is 9.55. The highest BCUT2D eigenvalue weighted by Crippen LogP contribution is 2.39. The molecule has 0 saturated carbocycles. The molecule has 0 unspecified atom stereocenters. The molecule has 3 aromatic carbocycles. The molecule has 38 heavy (non-hydrogen) atoms. The van der Waals surface area contributed by atoms with Crippen LogP contribution < -0.4 is 18.9 Å². The highest BCUT2D eigenvalue weighted by molar-refractivity contribution is 8.18. The molecule has 1 saturated heterocycles. The van der Waals surface area contributed by atoms with Crippen LogP contribution in [0.3, 0.4) is 0 Å². The largest absolute Gasteiger partial charge is 0.497 e. The first kappa shape index (κ1) is 27.1. The molecule has 2 amide bonds. The van der Waals surface area contributed by atoms with E-state index in [1.165, 1.54) is 26.4 Å². The van der Waals surface area contributed by atoms with Crippen LogP contribution in [-0.4, -0.2) is 49.4 Å². The Morgan fingerprint density at radius 1 is 1.00 bits per heavy atom. The lowest BCUT2D eigenvalue weighted by Gasteiger charge is -2.13. The fourth-order valence-electron chi connectivity index (χ4n) is 3.60. The van der Waals surface area contributed by atoms with Gasteiger partial charge < -0.3 is 18.9 Å². The Morgan fingerprint density at radius 2 is 1.76 bits per heavy atom. The summed E-state index contributed by atoms with van der Waals surface area (Å²) >= 11 is 7.24. The number of hydrogen-bond donors (Lipinski definition) is 0. The molecular weight excluding hydrogens is 530 g/mol. The van der Waals surface area contributed by atoms with E-state index in [4.69, 9.17) is 30.5 Å². The Morgan fingerprint density at radius 3 is 2.45 bits per heavy atom. The van der Waals surface area contributed by atoms with Crippen molar-refractivity contribution in [2.24, 2.45) is 0 Å². The number of carbonyl (C=O) groups excluding carboxylic acids is 3. The first-order valence-electron chi connectivity index (χ1n) is 11.5. The van der Waals surface area contributed by atoms with Crippen molar-refractivity contribution < 1.29 is 33.3 Å². The predicted molar refractivity (Wildman–Crippen MR) is 145 cm³/mol. The van der Waals surface area contributed by atoms with Crippen LogP contribution in [-0.2, 0) is 4.79 Å². The molecule has 10 heteroatoms. The average Bonchev–Trinajstić information content (AvgIpc) is 3.17. The molecule has 4 rings (SSSR count). The molecule has 0 radical (unpaired) electrons. The first-order chi connectivity index (χ1) is 18.3. The number of benzene rings is 3. The SMILES string of the molecule is COc1ccc(C(=O)Oc2c(Cl)cc(/C=C3\SC(=O)N(CCOc4cccc(C)c4)C3=O)cc2OC)cc1. The van der Waals surface area contributed by atoms with Crippen LogP contribution in [0.4, 0.5) is 4.79 Å². The van der Waals surface area contributed by atoms with Gasteiger partial charge in [0.2, 0.25) is 0 Å².